The van der Waals surface area contributed by atoms with Crippen LogP contribution in [0.25, 0.3) is 0 Å². The van der Waals surface area contributed by atoms with Gasteiger partial charge in [-0.15, -0.1) is 0 Å². The minimum Gasteiger partial charge on any atom is -0.372 e. The van der Waals surface area contributed by atoms with Gasteiger partial charge in [0.1, 0.15) is 0 Å². The van der Waals surface area contributed by atoms with Crippen molar-refractivity contribution in [1.29, 1.82) is 0 Å². The summed E-state index contributed by atoms with van der Waals surface area (Å²) in [5.41, 5.74) is 8.38. The average molecular weight is 328 g/mol. The van der Waals surface area contributed by atoms with Gasteiger partial charge in [-0.05, 0) is 64.6 Å². The van der Waals surface area contributed by atoms with E-state index < -0.39 is 0 Å². The van der Waals surface area contributed by atoms with Crippen LogP contribution in [0.15, 0.2) is 22.7 Å². The van der Waals surface area contributed by atoms with Crippen LogP contribution in [-0.4, -0.2) is 45.2 Å². The zero-order valence-corrected chi connectivity index (χ0v) is 13.9. The van der Waals surface area contributed by atoms with Crippen molar-refractivity contribution in [3.05, 3.63) is 28.2 Å². The molecule has 0 unspecified atom stereocenters. The fourth-order valence-corrected chi connectivity index (χ4v) is 2.57. The van der Waals surface area contributed by atoms with Gasteiger partial charge in [0.25, 0.3) is 0 Å². The Morgan fingerprint density at radius 1 is 1.21 bits per heavy atom. The van der Waals surface area contributed by atoms with E-state index in [2.05, 4.69) is 64.9 Å². The van der Waals surface area contributed by atoms with Gasteiger partial charge in [0.15, 0.2) is 0 Å². The molecule has 0 spiro atoms. The van der Waals surface area contributed by atoms with E-state index in [0.717, 1.165) is 30.5 Å². The molecule has 0 saturated heterocycles. The molecular weight excluding hydrogens is 302 g/mol. The number of rotatable bonds is 8. The standard InChI is InChI=1S/C15H26BrN3/c1-4-19(11-5-10-18(2)3)15-12-14(16)7-6-13(15)8-9-17/h6-7,12H,4-5,8-11,17H2,1-3H3. The molecule has 0 bridgehead atoms. The van der Waals surface area contributed by atoms with Crippen LogP contribution >= 0.6 is 15.9 Å². The molecule has 0 heterocycles. The Morgan fingerprint density at radius 2 is 1.95 bits per heavy atom. The van der Waals surface area contributed by atoms with Crippen molar-refractivity contribution in [3.63, 3.8) is 0 Å². The minimum atomic E-state index is 0.698. The molecule has 108 valence electrons. The van der Waals surface area contributed by atoms with Crippen molar-refractivity contribution in [3.8, 4) is 0 Å². The highest BCUT2D eigenvalue weighted by molar-refractivity contribution is 9.10. The Bertz CT molecular complexity index is 380. The summed E-state index contributed by atoms with van der Waals surface area (Å²) < 4.78 is 1.13. The summed E-state index contributed by atoms with van der Waals surface area (Å²) in [5.74, 6) is 0. The first-order valence-corrected chi connectivity index (χ1v) is 7.76. The Kier molecular flexibility index (Phi) is 7.42. The van der Waals surface area contributed by atoms with Crippen molar-refractivity contribution < 1.29 is 0 Å². The first kappa shape index (κ1) is 16.5. The summed E-state index contributed by atoms with van der Waals surface area (Å²) in [6.45, 7) is 6.15. The Labute approximate surface area is 125 Å². The zero-order valence-electron chi connectivity index (χ0n) is 12.3. The topological polar surface area (TPSA) is 32.5 Å². The molecule has 19 heavy (non-hydrogen) atoms. The summed E-state index contributed by atoms with van der Waals surface area (Å²) in [6, 6.07) is 6.49. The zero-order chi connectivity index (χ0) is 14.3. The van der Waals surface area contributed by atoms with E-state index in [1.807, 2.05) is 0 Å². The maximum absolute atomic E-state index is 5.71. The predicted molar refractivity (Wildman–Crippen MR) is 88.0 cm³/mol. The number of benzene rings is 1. The predicted octanol–water partition coefficient (Wildman–Crippen LogP) is 2.73. The van der Waals surface area contributed by atoms with Crippen LogP contribution in [0.5, 0.6) is 0 Å². The minimum absolute atomic E-state index is 0.698. The van der Waals surface area contributed by atoms with E-state index in [1.165, 1.54) is 17.7 Å². The summed E-state index contributed by atoms with van der Waals surface area (Å²) >= 11 is 3.57. The lowest BCUT2D eigenvalue weighted by Gasteiger charge is -2.26. The third-order valence-electron chi connectivity index (χ3n) is 3.22. The van der Waals surface area contributed by atoms with Crippen molar-refractivity contribution in [1.82, 2.24) is 4.90 Å². The average Bonchev–Trinajstić information content (AvgIpc) is 2.37. The number of halogens is 1. The van der Waals surface area contributed by atoms with Crippen LogP contribution in [0.1, 0.15) is 18.9 Å². The molecule has 0 radical (unpaired) electrons. The van der Waals surface area contributed by atoms with Gasteiger partial charge in [0, 0.05) is 23.2 Å². The SMILES string of the molecule is CCN(CCCN(C)C)c1cc(Br)ccc1CCN. The van der Waals surface area contributed by atoms with Crippen LogP contribution in [0, 0.1) is 0 Å². The second-order valence-electron chi connectivity index (χ2n) is 5.05. The molecule has 0 aliphatic carbocycles. The maximum atomic E-state index is 5.71. The number of anilines is 1. The number of nitrogens with two attached hydrogens (primary N) is 1. The van der Waals surface area contributed by atoms with Gasteiger partial charge in [-0.25, -0.2) is 0 Å². The second-order valence-corrected chi connectivity index (χ2v) is 5.96. The van der Waals surface area contributed by atoms with Crippen molar-refractivity contribution >= 4 is 21.6 Å². The Hall–Kier alpha value is -0.580. The molecule has 1 aromatic carbocycles. The Balaban J connectivity index is 2.80. The molecule has 0 amide bonds. The highest BCUT2D eigenvalue weighted by Crippen LogP contribution is 2.25. The molecule has 2 N–H and O–H groups in total. The van der Waals surface area contributed by atoms with Gasteiger partial charge < -0.3 is 15.5 Å². The van der Waals surface area contributed by atoms with Crippen LogP contribution < -0.4 is 10.6 Å². The first-order chi connectivity index (χ1) is 9.08. The van der Waals surface area contributed by atoms with E-state index in [4.69, 9.17) is 5.73 Å². The highest BCUT2D eigenvalue weighted by atomic mass is 79.9. The van der Waals surface area contributed by atoms with Crippen molar-refractivity contribution in [2.24, 2.45) is 5.73 Å². The molecule has 0 saturated carbocycles. The number of hydrogen-bond acceptors (Lipinski definition) is 3. The van der Waals surface area contributed by atoms with E-state index in [-0.39, 0.29) is 0 Å². The van der Waals surface area contributed by atoms with Gasteiger partial charge in [0.2, 0.25) is 0 Å². The van der Waals surface area contributed by atoms with Crippen LogP contribution in [0.4, 0.5) is 5.69 Å². The van der Waals surface area contributed by atoms with Crippen molar-refractivity contribution in [2.45, 2.75) is 19.8 Å². The van der Waals surface area contributed by atoms with Crippen LogP contribution in [0.2, 0.25) is 0 Å². The molecule has 0 atom stereocenters. The number of nitrogens with zero attached hydrogens (tertiary/aromatic N) is 2. The smallest absolute Gasteiger partial charge is 0.0410 e. The summed E-state index contributed by atoms with van der Waals surface area (Å²) in [6.07, 6.45) is 2.11. The molecule has 0 aromatic heterocycles. The van der Waals surface area contributed by atoms with Crippen LogP contribution in [-0.2, 0) is 6.42 Å². The maximum Gasteiger partial charge on any atom is 0.0410 e. The molecule has 0 fully saturated rings. The molecule has 0 aliphatic rings. The lowest BCUT2D eigenvalue weighted by atomic mass is 10.1. The fourth-order valence-electron chi connectivity index (χ4n) is 2.22. The van der Waals surface area contributed by atoms with E-state index >= 15 is 0 Å². The van der Waals surface area contributed by atoms with E-state index in [1.54, 1.807) is 0 Å². The lowest BCUT2D eigenvalue weighted by Crippen LogP contribution is -2.28. The normalized spacial score (nSPS) is 11.1. The third kappa shape index (κ3) is 5.51. The number of hydrogen-bond donors (Lipinski definition) is 1. The molecule has 1 rings (SSSR count). The quantitative estimate of drug-likeness (QED) is 0.796. The summed E-state index contributed by atoms with van der Waals surface area (Å²) in [7, 11) is 4.24. The first-order valence-electron chi connectivity index (χ1n) is 6.96. The van der Waals surface area contributed by atoms with Gasteiger partial charge in [-0.1, -0.05) is 22.0 Å². The van der Waals surface area contributed by atoms with Gasteiger partial charge in [-0.3, -0.25) is 0 Å². The molecule has 0 aliphatic heterocycles. The molecule has 3 nitrogen and oxygen atoms in total. The molecule has 4 heteroatoms. The summed E-state index contributed by atoms with van der Waals surface area (Å²) in [4.78, 5) is 4.68. The monoisotopic (exact) mass is 327 g/mol. The lowest BCUT2D eigenvalue weighted by molar-refractivity contribution is 0.400. The highest BCUT2D eigenvalue weighted by Gasteiger charge is 2.10. The molecule has 1 aromatic rings. The van der Waals surface area contributed by atoms with Gasteiger partial charge in [0.05, 0.1) is 0 Å². The Morgan fingerprint density at radius 3 is 2.53 bits per heavy atom. The van der Waals surface area contributed by atoms with E-state index in [0.29, 0.717) is 6.54 Å². The largest absolute Gasteiger partial charge is 0.372 e. The van der Waals surface area contributed by atoms with Gasteiger partial charge in [-0.2, -0.15) is 0 Å². The fraction of sp³-hybridized carbons (Fsp3) is 0.600. The van der Waals surface area contributed by atoms with E-state index in [9.17, 15) is 0 Å². The second kappa shape index (κ2) is 8.56. The molecular formula is C15H26BrN3. The van der Waals surface area contributed by atoms with Crippen LogP contribution in [0.3, 0.4) is 0 Å². The van der Waals surface area contributed by atoms with Crippen molar-refractivity contribution in [2.75, 3.05) is 45.2 Å². The summed E-state index contributed by atoms with van der Waals surface area (Å²) in [5, 5.41) is 0. The van der Waals surface area contributed by atoms with Gasteiger partial charge >= 0.3 is 0 Å². The third-order valence-corrected chi connectivity index (χ3v) is 3.71.